The number of nitrogens with zero attached hydrogens (tertiary/aromatic N) is 1. The highest BCUT2D eigenvalue weighted by molar-refractivity contribution is 5.48. The van der Waals surface area contributed by atoms with Crippen LogP contribution in [0.15, 0.2) is 12.2 Å². The fourth-order valence-corrected chi connectivity index (χ4v) is 1.80. The number of ether oxygens (including phenoxy) is 1. The summed E-state index contributed by atoms with van der Waals surface area (Å²) in [6.07, 6.45) is 8.32. The molecule has 16 heavy (non-hydrogen) atoms. The fraction of sp³-hybridized carbons (Fsp3) is 0.462. The Hall–Kier alpha value is -1.51. The number of rotatable bonds is 3. The zero-order chi connectivity index (χ0) is 11.5. The van der Waals surface area contributed by atoms with Crippen molar-refractivity contribution in [2.24, 2.45) is 0 Å². The summed E-state index contributed by atoms with van der Waals surface area (Å²) < 4.78 is 5.97. The number of fused-ring (bicyclic) bond motifs is 1. The van der Waals surface area contributed by atoms with Crippen molar-refractivity contribution in [1.29, 1.82) is 0 Å². The van der Waals surface area contributed by atoms with Crippen molar-refractivity contribution in [2.75, 3.05) is 0 Å². The zero-order valence-corrected chi connectivity index (χ0v) is 10.1. The summed E-state index contributed by atoms with van der Waals surface area (Å²) in [6.45, 7) is 6.24. The van der Waals surface area contributed by atoms with Gasteiger partial charge in [-0.1, -0.05) is 19.1 Å². The van der Waals surface area contributed by atoms with Gasteiger partial charge in [-0.05, 0) is 26.3 Å². The number of allylic oxidation sites excluding steroid dienone is 1. The Kier molecular flexibility index (Phi) is 3.13. The number of aromatic nitrogens is 2. The molecule has 2 rings (SSSR count). The quantitative estimate of drug-likeness (QED) is 0.832. The Morgan fingerprint density at radius 2 is 2.38 bits per heavy atom. The summed E-state index contributed by atoms with van der Waals surface area (Å²) >= 11 is 0. The van der Waals surface area contributed by atoms with E-state index in [9.17, 15) is 0 Å². The minimum absolute atomic E-state index is 0.253. The largest absolute Gasteiger partial charge is 0.494 e. The van der Waals surface area contributed by atoms with Gasteiger partial charge in [-0.3, -0.25) is 5.10 Å². The summed E-state index contributed by atoms with van der Waals surface area (Å²) in [7, 11) is 0. The van der Waals surface area contributed by atoms with Crippen LogP contribution in [0.1, 0.15) is 32.4 Å². The average molecular weight is 218 g/mol. The summed E-state index contributed by atoms with van der Waals surface area (Å²) in [5, 5.41) is 9.44. The Bertz CT molecular complexity index is 511. The molecular formula is C13H18N2O. The first-order valence-electron chi connectivity index (χ1n) is 5.80. The Balaban J connectivity index is 2.52. The van der Waals surface area contributed by atoms with Gasteiger partial charge in [0, 0.05) is 6.42 Å². The lowest BCUT2D eigenvalue weighted by Crippen LogP contribution is -2.28. The van der Waals surface area contributed by atoms with E-state index in [1.54, 1.807) is 0 Å². The first-order valence-corrected chi connectivity index (χ1v) is 5.80. The third-order valence-electron chi connectivity index (χ3n) is 2.87. The van der Waals surface area contributed by atoms with Crippen LogP contribution in [0, 0.1) is 6.92 Å². The molecule has 1 aromatic rings. The Morgan fingerprint density at radius 1 is 1.56 bits per heavy atom. The van der Waals surface area contributed by atoms with E-state index in [2.05, 4.69) is 30.1 Å². The molecule has 1 N–H and O–H groups in total. The van der Waals surface area contributed by atoms with Crippen LogP contribution in [-0.2, 0) is 4.74 Å². The molecule has 0 aromatic carbocycles. The molecule has 0 spiro atoms. The van der Waals surface area contributed by atoms with Gasteiger partial charge in [0.2, 0.25) is 0 Å². The molecule has 0 bridgehead atoms. The van der Waals surface area contributed by atoms with Gasteiger partial charge < -0.3 is 4.74 Å². The number of hydrogen-bond donors (Lipinski definition) is 1. The molecule has 0 saturated carbocycles. The molecule has 0 saturated heterocycles. The predicted octanol–water partition coefficient (Wildman–Crippen LogP) is 1.38. The second-order valence-electron chi connectivity index (χ2n) is 4.16. The van der Waals surface area contributed by atoms with Crippen molar-refractivity contribution in [2.45, 2.75) is 39.7 Å². The van der Waals surface area contributed by atoms with Gasteiger partial charge in [0.1, 0.15) is 5.76 Å². The number of nitrogens with one attached hydrogen (secondary N) is 1. The van der Waals surface area contributed by atoms with Crippen LogP contribution in [0.5, 0.6) is 0 Å². The van der Waals surface area contributed by atoms with Gasteiger partial charge in [-0.15, -0.1) is 0 Å². The van der Waals surface area contributed by atoms with E-state index in [1.807, 2.05) is 19.1 Å². The molecule has 1 unspecified atom stereocenters. The highest BCUT2D eigenvalue weighted by Crippen LogP contribution is 2.11. The number of hydrogen-bond acceptors (Lipinski definition) is 2. The predicted molar refractivity (Wildman–Crippen MR) is 65.0 cm³/mol. The maximum absolute atomic E-state index is 5.97. The topological polar surface area (TPSA) is 37.9 Å². The molecule has 86 valence electrons. The molecular weight excluding hydrogens is 200 g/mol. The third-order valence-corrected chi connectivity index (χ3v) is 2.87. The van der Waals surface area contributed by atoms with Crippen LogP contribution in [0.3, 0.4) is 0 Å². The van der Waals surface area contributed by atoms with Gasteiger partial charge in [-0.25, -0.2) is 0 Å². The van der Waals surface area contributed by atoms with E-state index in [-0.39, 0.29) is 6.10 Å². The molecule has 1 heterocycles. The third kappa shape index (κ3) is 2.03. The van der Waals surface area contributed by atoms with E-state index >= 15 is 0 Å². The fourth-order valence-electron chi connectivity index (χ4n) is 1.80. The van der Waals surface area contributed by atoms with E-state index in [0.717, 1.165) is 34.9 Å². The standard InChI is InChI=1S/C13H18N2O/c1-4-9(2)16-12-8-6-5-7-11-13(12)10(3)14-15-11/h5-7,9,15H,4,8H2,1-3H3. The van der Waals surface area contributed by atoms with Gasteiger partial charge in [-0.2, -0.15) is 5.10 Å². The van der Waals surface area contributed by atoms with Crippen LogP contribution in [0.2, 0.25) is 0 Å². The van der Waals surface area contributed by atoms with Gasteiger partial charge >= 0.3 is 0 Å². The number of aromatic amines is 1. The molecule has 0 aliphatic heterocycles. The first-order chi connectivity index (χ1) is 7.72. The molecule has 3 heteroatoms. The summed E-state index contributed by atoms with van der Waals surface area (Å²) in [5.41, 5.74) is 1.01. The average Bonchev–Trinajstić information content (AvgIpc) is 2.53. The van der Waals surface area contributed by atoms with Crippen LogP contribution >= 0.6 is 0 Å². The lowest BCUT2D eigenvalue weighted by molar-refractivity contribution is 0.172. The summed E-state index contributed by atoms with van der Waals surface area (Å²) in [4.78, 5) is 0. The van der Waals surface area contributed by atoms with Crippen LogP contribution in [-0.4, -0.2) is 16.3 Å². The second-order valence-corrected chi connectivity index (χ2v) is 4.16. The van der Waals surface area contributed by atoms with Crippen molar-refractivity contribution >= 4 is 11.8 Å². The molecule has 1 aromatic heterocycles. The smallest absolute Gasteiger partial charge is 0.111 e. The summed E-state index contributed by atoms with van der Waals surface area (Å²) in [5.74, 6) is 1.03. The Morgan fingerprint density at radius 3 is 3.12 bits per heavy atom. The molecule has 1 aliphatic carbocycles. The van der Waals surface area contributed by atoms with Gasteiger partial charge in [0.15, 0.2) is 0 Å². The van der Waals surface area contributed by atoms with Gasteiger partial charge in [0.25, 0.3) is 0 Å². The molecule has 3 nitrogen and oxygen atoms in total. The summed E-state index contributed by atoms with van der Waals surface area (Å²) in [6, 6.07) is 0. The van der Waals surface area contributed by atoms with Crippen molar-refractivity contribution < 1.29 is 4.74 Å². The lowest BCUT2D eigenvalue weighted by atomic mass is 10.2. The molecule has 0 fully saturated rings. The van der Waals surface area contributed by atoms with E-state index in [4.69, 9.17) is 4.74 Å². The second kappa shape index (κ2) is 4.56. The normalized spacial score (nSPS) is 16.3. The van der Waals surface area contributed by atoms with Crippen molar-refractivity contribution in [3.8, 4) is 0 Å². The highest BCUT2D eigenvalue weighted by atomic mass is 16.5. The number of H-pyrrole nitrogens is 1. The monoisotopic (exact) mass is 218 g/mol. The maximum atomic E-state index is 5.97. The number of aryl methyl sites for hydroxylation is 1. The maximum Gasteiger partial charge on any atom is 0.111 e. The van der Waals surface area contributed by atoms with Crippen molar-refractivity contribution in [3.05, 3.63) is 28.4 Å². The zero-order valence-electron chi connectivity index (χ0n) is 10.1. The van der Waals surface area contributed by atoms with Crippen LogP contribution < -0.4 is 10.6 Å². The van der Waals surface area contributed by atoms with E-state index < -0.39 is 0 Å². The highest BCUT2D eigenvalue weighted by Gasteiger charge is 2.09. The SMILES string of the molecule is CCC(C)OC1=c2c(C)n[nH]c2=CC=CC1. The lowest BCUT2D eigenvalue weighted by Gasteiger charge is -2.14. The van der Waals surface area contributed by atoms with E-state index in [0.29, 0.717) is 0 Å². The minimum atomic E-state index is 0.253. The Labute approximate surface area is 95.5 Å². The molecule has 0 amide bonds. The molecule has 1 aliphatic rings. The molecule has 0 radical (unpaired) electrons. The first kappa shape index (κ1) is 11.0. The van der Waals surface area contributed by atoms with Crippen molar-refractivity contribution in [3.63, 3.8) is 0 Å². The van der Waals surface area contributed by atoms with Crippen LogP contribution in [0.25, 0.3) is 11.8 Å². The van der Waals surface area contributed by atoms with Crippen molar-refractivity contribution in [1.82, 2.24) is 10.2 Å². The van der Waals surface area contributed by atoms with E-state index in [1.165, 1.54) is 0 Å². The van der Waals surface area contributed by atoms with Gasteiger partial charge in [0.05, 0.1) is 22.4 Å². The van der Waals surface area contributed by atoms with Crippen LogP contribution in [0.4, 0.5) is 0 Å². The minimum Gasteiger partial charge on any atom is -0.494 e. The molecule has 1 atom stereocenters.